The third-order valence-electron chi connectivity index (χ3n) is 5.85. The molecule has 0 aliphatic carbocycles. The number of pyridine rings is 1. The standard InChI is InChI=1S/C25H24ClN5O4/c26-17-6-7-19-18(14-17)22(16-4-2-1-3-5-16)23(24(32)28-19)20-15-21(30-35-20)29-25(33)27-8-9-31-10-12-34-13-11-31/h1-7,14-15H,8-13H2,(H,28,32)(H2,27,29,30,33). The normalized spacial score (nSPS) is 14.2. The van der Waals surface area contributed by atoms with Crippen molar-refractivity contribution in [3.63, 3.8) is 0 Å². The number of fused-ring (bicyclic) bond motifs is 1. The number of ether oxygens (including phenoxy) is 1. The molecule has 0 saturated carbocycles. The molecular weight excluding hydrogens is 470 g/mol. The maximum Gasteiger partial charge on any atom is 0.320 e. The molecule has 4 aromatic rings. The lowest BCUT2D eigenvalue weighted by atomic mass is 9.95. The van der Waals surface area contributed by atoms with Crippen LogP contribution in [0, 0.1) is 0 Å². The van der Waals surface area contributed by atoms with Crippen LogP contribution in [0.2, 0.25) is 5.02 Å². The van der Waals surface area contributed by atoms with Crippen LogP contribution in [0.25, 0.3) is 33.4 Å². The number of carbonyl (C=O) groups is 1. The first-order chi connectivity index (χ1) is 17.1. The molecule has 1 saturated heterocycles. The van der Waals surface area contributed by atoms with Gasteiger partial charge in [-0.05, 0) is 23.8 Å². The Morgan fingerprint density at radius 1 is 1.09 bits per heavy atom. The molecule has 3 heterocycles. The molecule has 1 aliphatic rings. The molecule has 0 atom stereocenters. The van der Waals surface area contributed by atoms with E-state index in [0.29, 0.717) is 41.4 Å². The molecule has 0 radical (unpaired) electrons. The minimum absolute atomic E-state index is 0.202. The second-order valence-electron chi connectivity index (χ2n) is 8.17. The number of amides is 2. The van der Waals surface area contributed by atoms with E-state index in [9.17, 15) is 9.59 Å². The van der Waals surface area contributed by atoms with Gasteiger partial charge in [-0.25, -0.2) is 4.79 Å². The van der Waals surface area contributed by atoms with Crippen molar-refractivity contribution >= 4 is 34.4 Å². The maximum absolute atomic E-state index is 13.1. The second-order valence-corrected chi connectivity index (χ2v) is 8.61. The van der Waals surface area contributed by atoms with E-state index in [4.69, 9.17) is 20.9 Å². The van der Waals surface area contributed by atoms with E-state index in [-0.39, 0.29) is 17.1 Å². The summed E-state index contributed by atoms with van der Waals surface area (Å²) in [5.74, 6) is 0.434. The molecule has 2 amide bonds. The molecule has 2 aromatic heterocycles. The van der Waals surface area contributed by atoms with Gasteiger partial charge < -0.3 is 19.6 Å². The highest BCUT2D eigenvalue weighted by Crippen LogP contribution is 2.36. The van der Waals surface area contributed by atoms with Gasteiger partial charge in [-0.15, -0.1) is 0 Å². The Bertz CT molecular complexity index is 1400. The molecule has 5 rings (SSSR count). The number of urea groups is 1. The zero-order valence-corrected chi connectivity index (χ0v) is 19.6. The van der Waals surface area contributed by atoms with Gasteiger partial charge in [0.1, 0.15) is 0 Å². The van der Waals surface area contributed by atoms with Gasteiger partial charge in [-0.1, -0.05) is 47.1 Å². The van der Waals surface area contributed by atoms with Crippen molar-refractivity contribution in [2.75, 3.05) is 44.7 Å². The highest BCUT2D eigenvalue weighted by atomic mass is 35.5. The van der Waals surface area contributed by atoms with Crippen molar-refractivity contribution < 1.29 is 14.1 Å². The summed E-state index contributed by atoms with van der Waals surface area (Å²) in [7, 11) is 0. The van der Waals surface area contributed by atoms with Crippen LogP contribution >= 0.6 is 11.6 Å². The van der Waals surface area contributed by atoms with Crippen molar-refractivity contribution in [1.82, 2.24) is 20.4 Å². The molecule has 10 heteroatoms. The zero-order valence-electron chi connectivity index (χ0n) is 18.8. The number of hydrogen-bond donors (Lipinski definition) is 3. The topological polar surface area (TPSA) is 112 Å². The summed E-state index contributed by atoms with van der Waals surface area (Å²) in [5.41, 5.74) is 2.12. The van der Waals surface area contributed by atoms with E-state index < -0.39 is 6.03 Å². The molecule has 2 aromatic carbocycles. The summed E-state index contributed by atoms with van der Waals surface area (Å²) in [6, 6.07) is 15.9. The van der Waals surface area contributed by atoms with Crippen LogP contribution in [0.5, 0.6) is 0 Å². The Kier molecular flexibility index (Phi) is 6.80. The minimum atomic E-state index is -0.402. The molecule has 3 N–H and O–H groups in total. The summed E-state index contributed by atoms with van der Waals surface area (Å²) in [5, 5.41) is 10.7. The third kappa shape index (κ3) is 5.22. The number of carbonyl (C=O) groups excluding carboxylic acids is 1. The van der Waals surface area contributed by atoms with Crippen molar-refractivity contribution in [1.29, 1.82) is 0 Å². The van der Waals surface area contributed by atoms with Crippen molar-refractivity contribution in [3.05, 3.63) is 70.0 Å². The Balaban J connectivity index is 1.40. The lowest BCUT2D eigenvalue weighted by Gasteiger charge is -2.26. The van der Waals surface area contributed by atoms with Crippen LogP contribution in [-0.2, 0) is 4.74 Å². The monoisotopic (exact) mass is 493 g/mol. The Labute approximate surface area is 206 Å². The fourth-order valence-electron chi connectivity index (χ4n) is 4.17. The summed E-state index contributed by atoms with van der Waals surface area (Å²) in [6.45, 7) is 4.34. The summed E-state index contributed by atoms with van der Waals surface area (Å²) in [6.07, 6.45) is 0. The summed E-state index contributed by atoms with van der Waals surface area (Å²) >= 11 is 6.28. The number of hydrogen-bond acceptors (Lipinski definition) is 6. The molecule has 0 unspecified atom stereocenters. The molecule has 180 valence electrons. The molecule has 9 nitrogen and oxygen atoms in total. The van der Waals surface area contributed by atoms with Crippen molar-refractivity contribution in [3.8, 4) is 22.5 Å². The summed E-state index contributed by atoms with van der Waals surface area (Å²) < 4.78 is 10.8. The number of H-pyrrole nitrogens is 1. The first kappa shape index (κ1) is 23.1. The fourth-order valence-corrected chi connectivity index (χ4v) is 4.34. The maximum atomic E-state index is 13.1. The van der Waals surface area contributed by atoms with Gasteiger partial charge in [0, 0.05) is 53.7 Å². The smallest absolute Gasteiger partial charge is 0.320 e. The van der Waals surface area contributed by atoms with E-state index in [2.05, 4.69) is 25.7 Å². The van der Waals surface area contributed by atoms with Crippen molar-refractivity contribution in [2.45, 2.75) is 0 Å². The number of nitrogens with one attached hydrogen (secondary N) is 3. The number of aromatic amines is 1. The molecule has 1 aliphatic heterocycles. The fraction of sp³-hybridized carbons (Fsp3) is 0.240. The van der Waals surface area contributed by atoms with Crippen LogP contribution in [0.3, 0.4) is 0 Å². The lowest BCUT2D eigenvalue weighted by Crippen LogP contribution is -2.42. The van der Waals surface area contributed by atoms with Gasteiger partial charge in [-0.2, -0.15) is 0 Å². The third-order valence-corrected chi connectivity index (χ3v) is 6.09. The van der Waals surface area contributed by atoms with Crippen LogP contribution in [-0.4, -0.2) is 60.5 Å². The summed E-state index contributed by atoms with van der Waals surface area (Å²) in [4.78, 5) is 30.6. The lowest BCUT2D eigenvalue weighted by molar-refractivity contribution is 0.0388. The molecule has 0 spiro atoms. The predicted molar refractivity (Wildman–Crippen MR) is 135 cm³/mol. The average Bonchev–Trinajstić information content (AvgIpc) is 3.32. The van der Waals surface area contributed by atoms with Gasteiger partial charge in [0.2, 0.25) is 0 Å². The number of halogens is 1. The highest BCUT2D eigenvalue weighted by molar-refractivity contribution is 6.31. The van der Waals surface area contributed by atoms with Gasteiger partial charge in [0.05, 0.1) is 18.8 Å². The largest absolute Gasteiger partial charge is 0.379 e. The zero-order chi connectivity index (χ0) is 24.2. The SMILES string of the molecule is O=C(NCCN1CCOCC1)Nc1cc(-c2c(-c3ccccc3)c3cc(Cl)ccc3[nH]c2=O)on1. The van der Waals surface area contributed by atoms with Crippen LogP contribution in [0.4, 0.5) is 10.6 Å². The first-order valence-electron chi connectivity index (χ1n) is 11.3. The van der Waals surface area contributed by atoms with Crippen molar-refractivity contribution in [2.24, 2.45) is 0 Å². The van der Waals surface area contributed by atoms with Crippen LogP contribution in [0.15, 0.2) is 63.9 Å². The van der Waals surface area contributed by atoms with E-state index in [1.165, 1.54) is 6.07 Å². The van der Waals surface area contributed by atoms with Crippen LogP contribution in [0.1, 0.15) is 0 Å². The van der Waals surface area contributed by atoms with Crippen LogP contribution < -0.4 is 16.2 Å². The van der Waals surface area contributed by atoms with Gasteiger partial charge in [0.25, 0.3) is 5.56 Å². The Morgan fingerprint density at radius 2 is 1.89 bits per heavy atom. The Hall–Kier alpha value is -3.66. The van der Waals surface area contributed by atoms with Gasteiger partial charge in [-0.3, -0.25) is 15.0 Å². The molecular formula is C25H24ClN5O4. The van der Waals surface area contributed by atoms with E-state index in [1.54, 1.807) is 18.2 Å². The highest BCUT2D eigenvalue weighted by Gasteiger charge is 2.21. The number of morpholine rings is 1. The average molecular weight is 494 g/mol. The quantitative estimate of drug-likeness (QED) is 0.375. The van der Waals surface area contributed by atoms with Gasteiger partial charge in [0.15, 0.2) is 11.6 Å². The number of anilines is 1. The van der Waals surface area contributed by atoms with E-state index >= 15 is 0 Å². The molecule has 1 fully saturated rings. The molecule has 0 bridgehead atoms. The van der Waals surface area contributed by atoms with E-state index in [0.717, 1.165) is 30.6 Å². The van der Waals surface area contributed by atoms with E-state index in [1.807, 2.05) is 30.3 Å². The number of rotatable bonds is 6. The number of aromatic nitrogens is 2. The number of benzene rings is 2. The first-order valence-corrected chi connectivity index (χ1v) is 11.7. The number of nitrogens with zero attached hydrogens (tertiary/aromatic N) is 2. The minimum Gasteiger partial charge on any atom is -0.379 e. The molecule has 35 heavy (non-hydrogen) atoms. The predicted octanol–water partition coefficient (Wildman–Crippen LogP) is 3.96. The Morgan fingerprint density at radius 3 is 2.69 bits per heavy atom. The second kappa shape index (κ2) is 10.3. The van der Waals surface area contributed by atoms with Gasteiger partial charge >= 0.3 is 6.03 Å².